The van der Waals surface area contributed by atoms with E-state index in [1.807, 2.05) is 43.3 Å². The summed E-state index contributed by atoms with van der Waals surface area (Å²) in [4.78, 5) is 12.7. The monoisotopic (exact) mass is 440 g/mol. The average molecular weight is 441 g/mol. The zero-order valence-electron chi connectivity index (χ0n) is 16.4. The Morgan fingerprint density at radius 3 is 2.63 bits per heavy atom. The van der Waals surface area contributed by atoms with Gasteiger partial charge in [0.25, 0.3) is 15.9 Å². The van der Waals surface area contributed by atoms with Crippen LogP contribution in [0.25, 0.3) is 0 Å². The molecule has 1 amide bonds. The summed E-state index contributed by atoms with van der Waals surface area (Å²) in [5.74, 6) is -0.345. The molecule has 3 aromatic carbocycles. The fraction of sp³-hybridized carbons (Fsp3) is 0.174. The van der Waals surface area contributed by atoms with Crippen molar-refractivity contribution < 1.29 is 13.2 Å². The van der Waals surface area contributed by atoms with Gasteiger partial charge in [0.15, 0.2) is 0 Å². The van der Waals surface area contributed by atoms with Crippen LogP contribution in [-0.2, 0) is 23.0 Å². The summed E-state index contributed by atoms with van der Waals surface area (Å²) < 4.78 is 28.2. The Bertz CT molecular complexity index is 1210. The van der Waals surface area contributed by atoms with E-state index in [4.69, 9.17) is 11.6 Å². The standard InChI is InChI=1S/C23H21ClN2O3S/c1-16-12-18-7-2-3-11-22(18)26(16)30(28,29)21-10-5-8-19(14-21)23(27)25-15-17-6-4-9-20(24)13-17/h2-11,13-14,16H,12,15H2,1H3,(H,25,27). The number of carbonyl (C=O) groups excluding carboxylic acids is 1. The summed E-state index contributed by atoms with van der Waals surface area (Å²) in [5, 5.41) is 3.40. The Morgan fingerprint density at radius 1 is 1.07 bits per heavy atom. The Balaban J connectivity index is 1.57. The molecule has 30 heavy (non-hydrogen) atoms. The third-order valence-corrected chi connectivity index (χ3v) is 7.30. The molecule has 1 aliphatic heterocycles. The van der Waals surface area contributed by atoms with Crippen LogP contribution in [0.15, 0.2) is 77.7 Å². The SMILES string of the molecule is CC1Cc2ccccc2N1S(=O)(=O)c1cccc(C(=O)NCc2cccc(Cl)c2)c1. The van der Waals surface area contributed by atoms with Crippen molar-refractivity contribution in [2.45, 2.75) is 30.8 Å². The van der Waals surface area contributed by atoms with E-state index >= 15 is 0 Å². The third-order valence-electron chi connectivity index (χ3n) is 5.14. The van der Waals surface area contributed by atoms with Crippen LogP contribution < -0.4 is 9.62 Å². The van der Waals surface area contributed by atoms with Crippen molar-refractivity contribution in [1.82, 2.24) is 5.32 Å². The van der Waals surface area contributed by atoms with Gasteiger partial charge in [0, 0.05) is 23.2 Å². The Hall–Kier alpha value is -2.83. The molecule has 154 valence electrons. The lowest BCUT2D eigenvalue weighted by atomic mass is 10.1. The lowest BCUT2D eigenvalue weighted by Crippen LogP contribution is -2.35. The van der Waals surface area contributed by atoms with Crippen LogP contribution >= 0.6 is 11.6 Å². The fourth-order valence-electron chi connectivity index (χ4n) is 3.75. The number of nitrogens with zero attached hydrogens (tertiary/aromatic N) is 1. The molecule has 1 unspecified atom stereocenters. The van der Waals surface area contributed by atoms with Crippen molar-refractivity contribution in [1.29, 1.82) is 0 Å². The highest BCUT2D eigenvalue weighted by molar-refractivity contribution is 7.92. The van der Waals surface area contributed by atoms with Gasteiger partial charge in [-0.2, -0.15) is 0 Å². The van der Waals surface area contributed by atoms with Crippen molar-refractivity contribution in [3.63, 3.8) is 0 Å². The van der Waals surface area contributed by atoms with Gasteiger partial charge in [-0.05, 0) is 60.9 Å². The first-order valence-electron chi connectivity index (χ1n) is 9.61. The minimum absolute atomic E-state index is 0.0986. The van der Waals surface area contributed by atoms with Crippen LogP contribution in [0.4, 0.5) is 5.69 Å². The Morgan fingerprint density at radius 2 is 1.83 bits per heavy atom. The lowest BCUT2D eigenvalue weighted by Gasteiger charge is -2.24. The first-order chi connectivity index (χ1) is 14.4. The molecular weight excluding hydrogens is 420 g/mol. The number of amides is 1. The van der Waals surface area contributed by atoms with Crippen LogP contribution in [-0.4, -0.2) is 20.4 Å². The van der Waals surface area contributed by atoms with Crippen LogP contribution in [0.3, 0.4) is 0 Å². The second-order valence-corrected chi connectivity index (χ2v) is 9.57. The maximum absolute atomic E-state index is 13.4. The van der Waals surface area contributed by atoms with E-state index in [1.165, 1.54) is 16.4 Å². The molecule has 0 saturated heterocycles. The van der Waals surface area contributed by atoms with E-state index in [0.717, 1.165) is 11.1 Å². The van der Waals surface area contributed by atoms with E-state index in [9.17, 15) is 13.2 Å². The number of anilines is 1. The lowest BCUT2D eigenvalue weighted by molar-refractivity contribution is 0.0950. The smallest absolute Gasteiger partial charge is 0.264 e. The minimum atomic E-state index is -3.79. The number of halogens is 1. The maximum Gasteiger partial charge on any atom is 0.264 e. The van der Waals surface area contributed by atoms with E-state index in [2.05, 4.69) is 5.32 Å². The van der Waals surface area contributed by atoms with Crippen molar-refractivity contribution in [2.24, 2.45) is 0 Å². The summed E-state index contributed by atoms with van der Waals surface area (Å²) >= 11 is 5.97. The van der Waals surface area contributed by atoms with Crippen molar-refractivity contribution in [3.8, 4) is 0 Å². The molecule has 0 fully saturated rings. The number of carbonyl (C=O) groups is 1. The molecule has 0 bridgehead atoms. The van der Waals surface area contributed by atoms with Crippen LogP contribution in [0, 0.1) is 0 Å². The largest absolute Gasteiger partial charge is 0.348 e. The maximum atomic E-state index is 13.4. The Labute approximate surface area is 181 Å². The van der Waals surface area contributed by atoms with Gasteiger partial charge < -0.3 is 5.32 Å². The molecule has 5 nitrogen and oxygen atoms in total. The van der Waals surface area contributed by atoms with Crippen molar-refractivity contribution in [2.75, 3.05) is 4.31 Å². The molecule has 1 aliphatic rings. The molecule has 0 spiro atoms. The number of fused-ring (bicyclic) bond motifs is 1. The first-order valence-corrected chi connectivity index (χ1v) is 11.4. The van der Waals surface area contributed by atoms with E-state index in [1.54, 1.807) is 24.3 Å². The summed E-state index contributed by atoms with van der Waals surface area (Å²) in [6, 6.07) is 20.7. The highest BCUT2D eigenvalue weighted by Gasteiger charge is 2.36. The topological polar surface area (TPSA) is 66.5 Å². The number of hydrogen-bond acceptors (Lipinski definition) is 3. The van der Waals surface area contributed by atoms with Crippen LogP contribution in [0.1, 0.15) is 28.4 Å². The van der Waals surface area contributed by atoms with Gasteiger partial charge in [-0.3, -0.25) is 9.10 Å². The normalized spacial score (nSPS) is 15.7. The summed E-state index contributed by atoms with van der Waals surface area (Å²) in [5.41, 5.74) is 2.85. The number of nitrogens with one attached hydrogen (secondary N) is 1. The second-order valence-electron chi connectivity index (χ2n) is 7.32. The van der Waals surface area contributed by atoms with E-state index < -0.39 is 10.0 Å². The van der Waals surface area contributed by atoms with Gasteiger partial charge in [0.05, 0.1) is 10.6 Å². The molecule has 0 aliphatic carbocycles. The molecule has 7 heteroatoms. The predicted octanol–water partition coefficient (Wildman–Crippen LogP) is 4.41. The molecular formula is C23H21ClN2O3S. The molecule has 0 saturated carbocycles. The molecule has 3 aromatic rings. The van der Waals surface area contributed by atoms with E-state index in [0.29, 0.717) is 29.2 Å². The quantitative estimate of drug-likeness (QED) is 0.639. The van der Waals surface area contributed by atoms with Gasteiger partial charge in [0.2, 0.25) is 0 Å². The van der Waals surface area contributed by atoms with Gasteiger partial charge in [-0.15, -0.1) is 0 Å². The Kier molecular flexibility index (Phi) is 5.54. The fourth-order valence-corrected chi connectivity index (χ4v) is 5.70. The number of hydrogen-bond donors (Lipinski definition) is 1. The molecule has 0 aromatic heterocycles. The van der Waals surface area contributed by atoms with Crippen molar-refractivity contribution in [3.05, 3.63) is 94.5 Å². The number of benzene rings is 3. The summed E-state index contributed by atoms with van der Waals surface area (Å²) in [7, 11) is -3.79. The van der Waals surface area contributed by atoms with E-state index in [-0.39, 0.29) is 16.8 Å². The summed E-state index contributed by atoms with van der Waals surface area (Å²) in [6.07, 6.45) is 0.662. The highest BCUT2D eigenvalue weighted by Crippen LogP contribution is 2.36. The second kappa shape index (κ2) is 8.13. The van der Waals surface area contributed by atoms with Crippen LogP contribution in [0.2, 0.25) is 5.02 Å². The van der Waals surface area contributed by atoms with Crippen molar-refractivity contribution >= 4 is 33.2 Å². The highest BCUT2D eigenvalue weighted by atomic mass is 35.5. The zero-order chi connectivity index (χ0) is 21.3. The molecule has 1 N–H and O–H groups in total. The van der Waals surface area contributed by atoms with Gasteiger partial charge in [0.1, 0.15) is 0 Å². The third kappa shape index (κ3) is 3.93. The predicted molar refractivity (Wildman–Crippen MR) is 118 cm³/mol. The average Bonchev–Trinajstić information content (AvgIpc) is 3.08. The molecule has 4 rings (SSSR count). The van der Waals surface area contributed by atoms with Gasteiger partial charge in [-0.25, -0.2) is 8.42 Å². The minimum Gasteiger partial charge on any atom is -0.348 e. The van der Waals surface area contributed by atoms with Crippen LogP contribution in [0.5, 0.6) is 0 Å². The van der Waals surface area contributed by atoms with Gasteiger partial charge >= 0.3 is 0 Å². The first kappa shape index (κ1) is 20.4. The number of sulfonamides is 1. The number of rotatable bonds is 5. The summed E-state index contributed by atoms with van der Waals surface area (Å²) in [6.45, 7) is 2.19. The van der Waals surface area contributed by atoms with Gasteiger partial charge in [-0.1, -0.05) is 48.0 Å². The molecule has 0 radical (unpaired) electrons. The number of para-hydroxylation sites is 1. The molecule has 1 atom stereocenters. The zero-order valence-corrected chi connectivity index (χ0v) is 18.0. The molecule has 1 heterocycles.